The average Bonchev–Trinajstić information content (AvgIpc) is 2.24. The van der Waals surface area contributed by atoms with Crippen molar-refractivity contribution in [1.29, 1.82) is 0 Å². The first kappa shape index (κ1) is 16.1. The summed E-state index contributed by atoms with van der Waals surface area (Å²) >= 11 is 0. The van der Waals surface area contributed by atoms with Crippen LogP contribution < -0.4 is 0 Å². The molecule has 0 aliphatic carbocycles. The van der Waals surface area contributed by atoms with E-state index in [9.17, 15) is 36.2 Å². The number of phenolic OH excluding ortho intramolecular Hbond substituents is 1. The second-order valence-corrected chi connectivity index (χ2v) is 3.69. The lowest BCUT2D eigenvalue weighted by atomic mass is 9.97. The van der Waals surface area contributed by atoms with E-state index >= 15 is 0 Å². The Kier molecular flexibility index (Phi) is 3.90. The zero-order valence-electron chi connectivity index (χ0n) is 9.25. The molecule has 1 aromatic carbocycles. The maximum Gasteiger partial charge on any atom is 0.416 e. The Hall–Kier alpha value is -1.97. The largest absolute Gasteiger partial charge is 0.508 e. The Morgan fingerprint density at radius 2 is 1.55 bits per heavy atom. The molecule has 0 bridgehead atoms. The van der Waals surface area contributed by atoms with Gasteiger partial charge in [-0.2, -0.15) is 26.3 Å². The summed E-state index contributed by atoms with van der Waals surface area (Å²) in [5.74, 6) is -3.76. The third-order valence-electron chi connectivity index (χ3n) is 2.30. The molecule has 4 nitrogen and oxygen atoms in total. The van der Waals surface area contributed by atoms with E-state index in [0.717, 1.165) is 0 Å². The third kappa shape index (κ3) is 3.13. The molecule has 1 rings (SSSR count). The molecule has 20 heavy (non-hydrogen) atoms. The summed E-state index contributed by atoms with van der Waals surface area (Å²) in [4.78, 5) is 10.5. The average molecular weight is 304 g/mol. The molecular formula is C10H6F6O4. The Bertz CT molecular complexity index is 534. The van der Waals surface area contributed by atoms with Crippen LogP contribution in [0.15, 0.2) is 12.1 Å². The van der Waals surface area contributed by atoms with Gasteiger partial charge in [0.2, 0.25) is 0 Å². The molecule has 0 aliphatic rings. The molecule has 112 valence electrons. The van der Waals surface area contributed by atoms with Gasteiger partial charge in [0.1, 0.15) is 5.75 Å². The Labute approximate surface area is 106 Å². The second kappa shape index (κ2) is 4.85. The van der Waals surface area contributed by atoms with Gasteiger partial charge in [-0.25, -0.2) is 4.79 Å². The number of rotatable bonds is 2. The number of hydrogen-bond donors (Lipinski definition) is 3. The highest BCUT2D eigenvalue weighted by atomic mass is 19.4. The molecule has 0 saturated carbocycles. The van der Waals surface area contributed by atoms with Gasteiger partial charge < -0.3 is 15.3 Å². The Morgan fingerprint density at radius 1 is 1.05 bits per heavy atom. The van der Waals surface area contributed by atoms with Crippen LogP contribution in [0.2, 0.25) is 0 Å². The highest BCUT2D eigenvalue weighted by Crippen LogP contribution is 2.43. The number of benzene rings is 1. The fraction of sp³-hybridized carbons (Fsp3) is 0.300. The lowest BCUT2D eigenvalue weighted by Gasteiger charge is -2.19. The smallest absolute Gasteiger partial charge is 0.416 e. The molecule has 0 spiro atoms. The molecule has 0 radical (unpaired) electrons. The van der Waals surface area contributed by atoms with Crippen molar-refractivity contribution in [2.24, 2.45) is 0 Å². The van der Waals surface area contributed by atoms with Crippen LogP contribution in [0.5, 0.6) is 5.75 Å². The summed E-state index contributed by atoms with van der Waals surface area (Å²) in [6.45, 7) is 0. The third-order valence-corrected chi connectivity index (χ3v) is 2.30. The zero-order chi connectivity index (χ0) is 15.9. The number of phenols is 1. The standard InChI is InChI=1S/C10H6F6O4/c11-9(12,13)3-1-4(10(14,15)16)6(5(17)2-3)7(18)8(19)20/h1-2,7,17-18H,(H,19,20). The van der Waals surface area contributed by atoms with E-state index in [0.29, 0.717) is 0 Å². The molecule has 0 aromatic heterocycles. The van der Waals surface area contributed by atoms with Gasteiger partial charge in [-0.1, -0.05) is 0 Å². The van der Waals surface area contributed by atoms with Crippen molar-refractivity contribution in [3.05, 3.63) is 28.8 Å². The topological polar surface area (TPSA) is 77.8 Å². The van der Waals surface area contributed by atoms with Crippen LogP contribution in [-0.2, 0) is 17.1 Å². The van der Waals surface area contributed by atoms with Gasteiger partial charge >= 0.3 is 18.3 Å². The van der Waals surface area contributed by atoms with Crippen LogP contribution in [0.3, 0.4) is 0 Å². The predicted octanol–water partition coefficient (Wildman–Crippen LogP) is 2.55. The number of carboxylic acids is 1. The van der Waals surface area contributed by atoms with Gasteiger partial charge in [0, 0.05) is 5.56 Å². The SMILES string of the molecule is O=C(O)C(O)c1c(O)cc(C(F)(F)F)cc1C(F)(F)F. The van der Waals surface area contributed by atoms with Crippen LogP contribution in [0, 0.1) is 0 Å². The highest BCUT2D eigenvalue weighted by Gasteiger charge is 2.42. The molecule has 10 heteroatoms. The fourth-order valence-corrected chi connectivity index (χ4v) is 1.45. The van der Waals surface area contributed by atoms with Gasteiger partial charge in [0.05, 0.1) is 11.1 Å². The Balaban J connectivity index is 3.64. The molecule has 1 aromatic rings. The first-order valence-corrected chi connectivity index (χ1v) is 4.78. The van der Waals surface area contributed by atoms with Gasteiger partial charge in [0.25, 0.3) is 0 Å². The number of hydrogen-bond acceptors (Lipinski definition) is 3. The van der Waals surface area contributed by atoms with E-state index in [-0.39, 0.29) is 12.1 Å². The number of alkyl halides is 6. The minimum absolute atomic E-state index is 0.0866. The molecule has 0 saturated heterocycles. The molecule has 1 atom stereocenters. The fourth-order valence-electron chi connectivity index (χ4n) is 1.45. The number of halogens is 6. The number of aliphatic hydroxyl groups excluding tert-OH is 1. The first-order valence-electron chi connectivity index (χ1n) is 4.78. The van der Waals surface area contributed by atoms with Crippen molar-refractivity contribution in [2.75, 3.05) is 0 Å². The molecule has 0 amide bonds. The van der Waals surface area contributed by atoms with Gasteiger partial charge in [-0.15, -0.1) is 0 Å². The Morgan fingerprint density at radius 3 is 1.90 bits per heavy atom. The molecular weight excluding hydrogens is 298 g/mol. The van der Waals surface area contributed by atoms with E-state index in [2.05, 4.69) is 0 Å². The summed E-state index contributed by atoms with van der Waals surface area (Å²) in [7, 11) is 0. The quantitative estimate of drug-likeness (QED) is 0.734. The van der Waals surface area contributed by atoms with Crippen LogP contribution in [0.1, 0.15) is 22.8 Å². The van der Waals surface area contributed by atoms with Crippen LogP contribution >= 0.6 is 0 Å². The number of carbonyl (C=O) groups is 1. The van der Waals surface area contributed by atoms with Crippen molar-refractivity contribution in [2.45, 2.75) is 18.5 Å². The van der Waals surface area contributed by atoms with Crippen molar-refractivity contribution in [1.82, 2.24) is 0 Å². The van der Waals surface area contributed by atoms with Crippen LogP contribution in [0.25, 0.3) is 0 Å². The number of aliphatic carboxylic acids is 1. The molecule has 0 heterocycles. The van der Waals surface area contributed by atoms with Gasteiger partial charge in [-0.3, -0.25) is 0 Å². The van der Waals surface area contributed by atoms with Gasteiger partial charge in [0.15, 0.2) is 6.10 Å². The lowest BCUT2D eigenvalue weighted by Crippen LogP contribution is -2.19. The number of aromatic hydroxyl groups is 1. The molecule has 1 unspecified atom stereocenters. The van der Waals surface area contributed by atoms with Crippen molar-refractivity contribution in [3.8, 4) is 5.75 Å². The second-order valence-electron chi connectivity index (χ2n) is 3.69. The van der Waals surface area contributed by atoms with E-state index in [1.165, 1.54) is 0 Å². The zero-order valence-corrected chi connectivity index (χ0v) is 9.25. The van der Waals surface area contributed by atoms with Crippen molar-refractivity contribution in [3.63, 3.8) is 0 Å². The van der Waals surface area contributed by atoms with Crippen LogP contribution in [-0.4, -0.2) is 21.3 Å². The monoisotopic (exact) mass is 304 g/mol. The first-order chi connectivity index (χ1) is 8.85. The summed E-state index contributed by atoms with van der Waals surface area (Å²) in [6, 6.07) is -0.460. The van der Waals surface area contributed by atoms with Crippen molar-refractivity contribution < 1.29 is 46.5 Å². The maximum atomic E-state index is 12.6. The minimum Gasteiger partial charge on any atom is -0.508 e. The van der Waals surface area contributed by atoms with Gasteiger partial charge in [-0.05, 0) is 12.1 Å². The van der Waals surface area contributed by atoms with E-state index in [1.807, 2.05) is 0 Å². The van der Waals surface area contributed by atoms with E-state index in [4.69, 9.17) is 10.2 Å². The number of carboxylic acid groups (broad SMARTS) is 1. The summed E-state index contributed by atoms with van der Waals surface area (Å²) in [6.07, 6.45) is -13.4. The lowest BCUT2D eigenvalue weighted by molar-refractivity contribution is -0.150. The van der Waals surface area contributed by atoms with E-state index in [1.54, 1.807) is 0 Å². The maximum absolute atomic E-state index is 12.6. The number of aliphatic hydroxyl groups is 1. The summed E-state index contributed by atoms with van der Waals surface area (Å²) in [5, 5.41) is 26.7. The summed E-state index contributed by atoms with van der Waals surface area (Å²) < 4.78 is 75.0. The summed E-state index contributed by atoms with van der Waals surface area (Å²) in [5.41, 5.74) is -5.43. The molecule has 0 aliphatic heterocycles. The minimum atomic E-state index is -5.38. The van der Waals surface area contributed by atoms with E-state index < -0.39 is 46.9 Å². The normalized spacial score (nSPS) is 14.2. The van der Waals surface area contributed by atoms with Crippen LogP contribution in [0.4, 0.5) is 26.3 Å². The highest BCUT2D eigenvalue weighted by molar-refractivity contribution is 5.76. The van der Waals surface area contributed by atoms with Crippen molar-refractivity contribution >= 4 is 5.97 Å². The molecule has 0 fully saturated rings. The predicted molar refractivity (Wildman–Crippen MR) is 50.7 cm³/mol. The molecule has 3 N–H and O–H groups in total.